The van der Waals surface area contributed by atoms with Gasteiger partial charge in [0.25, 0.3) is 5.91 Å². The molecule has 7 heteroatoms. The van der Waals surface area contributed by atoms with E-state index in [0.717, 1.165) is 5.56 Å². The molecule has 1 rings (SSSR count). The molecule has 0 saturated heterocycles. The van der Waals surface area contributed by atoms with Crippen molar-refractivity contribution in [2.75, 3.05) is 6.54 Å². The van der Waals surface area contributed by atoms with Gasteiger partial charge in [-0.1, -0.05) is 31.5 Å². The second kappa shape index (κ2) is 7.71. The summed E-state index contributed by atoms with van der Waals surface area (Å²) in [5.74, 6) is -0.549. The molecule has 1 aromatic rings. The summed E-state index contributed by atoms with van der Waals surface area (Å²) in [5.41, 5.74) is 0.946. The van der Waals surface area contributed by atoms with Crippen LogP contribution in [0.3, 0.4) is 0 Å². The van der Waals surface area contributed by atoms with E-state index in [0.29, 0.717) is 11.5 Å². The largest absolute Gasteiger partial charge is 0.286 e. The van der Waals surface area contributed by atoms with E-state index in [-0.39, 0.29) is 17.4 Å². The lowest BCUT2D eigenvalue weighted by Crippen LogP contribution is -2.48. The summed E-state index contributed by atoms with van der Waals surface area (Å²) in [5, 5.41) is 10.1. The molecule has 2 N–H and O–H groups in total. The molecule has 0 aromatic heterocycles. The summed E-state index contributed by atoms with van der Waals surface area (Å²) in [6, 6.07) is 5.38. The van der Waals surface area contributed by atoms with E-state index < -0.39 is 22.0 Å². The lowest BCUT2D eigenvalue weighted by Gasteiger charge is -2.23. The fraction of sp³-hybridized carbons (Fsp3) is 0.533. The van der Waals surface area contributed by atoms with Crippen LogP contribution in [0.5, 0.6) is 0 Å². The van der Waals surface area contributed by atoms with E-state index >= 15 is 0 Å². The van der Waals surface area contributed by atoms with Crippen molar-refractivity contribution >= 4 is 15.9 Å². The summed E-state index contributed by atoms with van der Waals surface area (Å²) >= 11 is 0. The third-order valence-corrected chi connectivity index (χ3v) is 4.68. The normalized spacial score (nSPS) is 13.2. The van der Waals surface area contributed by atoms with Crippen LogP contribution < -0.4 is 4.72 Å². The van der Waals surface area contributed by atoms with Gasteiger partial charge in [-0.25, -0.2) is 13.5 Å². The van der Waals surface area contributed by atoms with Crippen LogP contribution in [0.25, 0.3) is 0 Å². The molecular weight excluding hydrogens is 304 g/mol. The maximum absolute atomic E-state index is 12.4. The van der Waals surface area contributed by atoms with E-state index in [1.54, 1.807) is 19.1 Å². The average Bonchev–Trinajstić information content (AvgIpc) is 2.44. The van der Waals surface area contributed by atoms with Crippen molar-refractivity contribution < 1.29 is 18.4 Å². The highest BCUT2D eigenvalue weighted by atomic mass is 32.2. The second-order valence-electron chi connectivity index (χ2n) is 5.67. The Morgan fingerprint density at radius 1 is 1.27 bits per heavy atom. The highest BCUT2D eigenvalue weighted by molar-refractivity contribution is 7.89. The van der Waals surface area contributed by atoms with Crippen molar-refractivity contribution in [3.05, 3.63) is 29.8 Å². The second-order valence-corrected chi connectivity index (χ2v) is 7.38. The molecule has 0 unspecified atom stereocenters. The van der Waals surface area contributed by atoms with Crippen molar-refractivity contribution in [1.82, 2.24) is 9.79 Å². The number of aryl methyl sites for hydroxylation is 1. The molecule has 1 aromatic carbocycles. The van der Waals surface area contributed by atoms with Crippen molar-refractivity contribution in [3.8, 4) is 0 Å². The predicted octanol–water partition coefficient (Wildman–Crippen LogP) is 1.93. The number of carbonyl (C=O) groups is 1. The van der Waals surface area contributed by atoms with Crippen molar-refractivity contribution in [1.29, 1.82) is 0 Å². The quantitative estimate of drug-likeness (QED) is 0.591. The van der Waals surface area contributed by atoms with Gasteiger partial charge >= 0.3 is 0 Å². The Balaban J connectivity index is 3.01. The predicted molar refractivity (Wildman–Crippen MR) is 83.9 cm³/mol. The smallest absolute Gasteiger partial charge is 0.264 e. The van der Waals surface area contributed by atoms with Crippen molar-refractivity contribution in [2.24, 2.45) is 5.92 Å². The lowest BCUT2D eigenvalue weighted by atomic mass is 10.0. The number of hydrogen-bond donors (Lipinski definition) is 2. The fourth-order valence-electron chi connectivity index (χ4n) is 1.98. The zero-order valence-corrected chi connectivity index (χ0v) is 14.2. The molecule has 6 nitrogen and oxygen atoms in total. The zero-order valence-electron chi connectivity index (χ0n) is 13.4. The molecule has 0 heterocycles. The van der Waals surface area contributed by atoms with E-state index in [9.17, 15) is 18.4 Å². The Bertz CT molecular complexity index is 596. The van der Waals surface area contributed by atoms with Crippen LogP contribution >= 0.6 is 0 Å². The Kier molecular flexibility index (Phi) is 6.52. The minimum Gasteiger partial charge on any atom is -0.286 e. The highest BCUT2D eigenvalue weighted by Gasteiger charge is 2.29. The van der Waals surface area contributed by atoms with Crippen LogP contribution in [0.4, 0.5) is 0 Å². The first-order valence-electron chi connectivity index (χ1n) is 7.26. The van der Waals surface area contributed by atoms with Gasteiger partial charge < -0.3 is 0 Å². The summed E-state index contributed by atoms with van der Waals surface area (Å²) < 4.78 is 27.2. The molecular formula is C15H24N2O4S. The maximum atomic E-state index is 12.4. The molecule has 0 aliphatic carbocycles. The summed E-state index contributed by atoms with van der Waals surface area (Å²) in [6.45, 7) is 7.33. The van der Waals surface area contributed by atoms with E-state index in [1.165, 1.54) is 12.1 Å². The van der Waals surface area contributed by atoms with Crippen molar-refractivity contribution in [2.45, 2.75) is 45.1 Å². The first-order valence-corrected chi connectivity index (χ1v) is 8.75. The SMILES string of the molecule is CCN(O)C(=O)[C@H](CC(C)C)NS(=O)(=O)c1ccc(C)cc1. The molecule has 22 heavy (non-hydrogen) atoms. The number of carbonyl (C=O) groups excluding carboxylic acids is 1. The number of likely N-dealkylation sites (N-methyl/N-ethyl adjacent to an activating group) is 1. The third kappa shape index (κ3) is 5.08. The number of hydroxylamine groups is 2. The van der Waals surface area contributed by atoms with Crippen LogP contribution in [0.2, 0.25) is 0 Å². The molecule has 0 aliphatic heterocycles. The van der Waals surface area contributed by atoms with Gasteiger partial charge in [0.2, 0.25) is 10.0 Å². The number of amides is 1. The average molecular weight is 328 g/mol. The molecule has 0 spiro atoms. The van der Waals surface area contributed by atoms with Gasteiger partial charge in [0.15, 0.2) is 0 Å². The van der Waals surface area contributed by atoms with Crippen LogP contribution in [0.1, 0.15) is 32.8 Å². The zero-order chi connectivity index (χ0) is 16.9. The molecule has 0 saturated carbocycles. The number of sulfonamides is 1. The molecule has 0 fully saturated rings. The van der Waals surface area contributed by atoms with Gasteiger partial charge in [-0.2, -0.15) is 4.72 Å². The van der Waals surface area contributed by atoms with Gasteiger partial charge in [-0.05, 0) is 38.3 Å². The first kappa shape index (κ1) is 18.6. The number of rotatable bonds is 7. The van der Waals surface area contributed by atoms with Gasteiger partial charge in [0.1, 0.15) is 6.04 Å². The number of nitrogens with one attached hydrogen (secondary N) is 1. The van der Waals surface area contributed by atoms with Crippen LogP contribution in [-0.2, 0) is 14.8 Å². The molecule has 0 bridgehead atoms. The van der Waals surface area contributed by atoms with Gasteiger partial charge in [-0.3, -0.25) is 10.0 Å². The van der Waals surface area contributed by atoms with Gasteiger partial charge in [-0.15, -0.1) is 0 Å². The van der Waals surface area contributed by atoms with Crippen molar-refractivity contribution in [3.63, 3.8) is 0 Å². The number of benzene rings is 1. The fourth-order valence-corrected chi connectivity index (χ4v) is 3.18. The number of nitrogens with zero attached hydrogens (tertiary/aromatic N) is 1. The topological polar surface area (TPSA) is 86.7 Å². The summed E-state index contributed by atoms with van der Waals surface area (Å²) in [6.07, 6.45) is 0.307. The molecule has 0 radical (unpaired) electrons. The standard InChI is InChI=1S/C15H24N2O4S/c1-5-17(19)15(18)14(10-11(2)3)16-22(20,21)13-8-6-12(4)7-9-13/h6-9,11,14,16,19H,5,10H2,1-4H3/t14-/m0/s1. The van der Waals surface area contributed by atoms with Gasteiger partial charge in [0, 0.05) is 6.54 Å². The molecule has 0 aliphatic rings. The molecule has 1 amide bonds. The first-order chi connectivity index (χ1) is 10.2. The minimum absolute atomic E-state index is 0.0969. The van der Waals surface area contributed by atoms with Crippen LogP contribution in [0.15, 0.2) is 29.2 Å². The number of hydrogen-bond acceptors (Lipinski definition) is 4. The Hall–Kier alpha value is -1.44. The maximum Gasteiger partial charge on any atom is 0.264 e. The Morgan fingerprint density at radius 3 is 2.27 bits per heavy atom. The van der Waals surface area contributed by atoms with Crippen LogP contribution in [0, 0.1) is 12.8 Å². The summed E-state index contributed by atoms with van der Waals surface area (Å²) in [4.78, 5) is 12.2. The minimum atomic E-state index is -3.82. The Labute approximate surface area is 132 Å². The van der Waals surface area contributed by atoms with Crippen LogP contribution in [-0.4, -0.2) is 37.2 Å². The van der Waals surface area contributed by atoms with Gasteiger partial charge in [0.05, 0.1) is 4.90 Å². The molecule has 1 atom stereocenters. The van der Waals surface area contributed by atoms with E-state index in [1.807, 2.05) is 20.8 Å². The lowest BCUT2D eigenvalue weighted by molar-refractivity contribution is -0.166. The molecule has 124 valence electrons. The summed E-state index contributed by atoms with van der Waals surface area (Å²) in [7, 11) is -3.82. The highest BCUT2D eigenvalue weighted by Crippen LogP contribution is 2.14. The Morgan fingerprint density at radius 2 is 1.82 bits per heavy atom. The van der Waals surface area contributed by atoms with E-state index in [4.69, 9.17) is 0 Å². The monoisotopic (exact) mass is 328 g/mol. The third-order valence-electron chi connectivity index (χ3n) is 3.19. The van der Waals surface area contributed by atoms with E-state index in [2.05, 4.69) is 4.72 Å².